The molecule has 0 heterocycles. The molecule has 0 amide bonds. The molecular formula is C16H25N. The van der Waals surface area contributed by atoms with Gasteiger partial charge in [0.25, 0.3) is 0 Å². The van der Waals surface area contributed by atoms with Crippen LogP contribution in [0.2, 0.25) is 0 Å². The molecule has 94 valence electrons. The maximum Gasteiger partial charge on any atom is 0.0342 e. The summed E-state index contributed by atoms with van der Waals surface area (Å²) in [5.41, 5.74) is 3.76. The van der Waals surface area contributed by atoms with E-state index in [1.54, 1.807) is 0 Å². The molecule has 0 bridgehead atoms. The molecule has 1 rings (SSSR count). The lowest BCUT2D eigenvalue weighted by Crippen LogP contribution is -2.23. The molecule has 1 unspecified atom stereocenters. The van der Waals surface area contributed by atoms with Crippen LogP contribution in [-0.4, -0.2) is 6.04 Å². The van der Waals surface area contributed by atoms with E-state index in [9.17, 15) is 0 Å². The third-order valence-corrected chi connectivity index (χ3v) is 3.13. The van der Waals surface area contributed by atoms with Gasteiger partial charge in [0.1, 0.15) is 0 Å². The van der Waals surface area contributed by atoms with Crippen molar-refractivity contribution < 1.29 is 0 Å². The zero-order chi connectivity index (χ0) is 13.1. The van der Waals surface area contributed by atoms with Gasteiger partial charge in [-0.05, 0) is 29.9 Å². The second-order valence-corrected chi connectivity index (χ2v) is 5.76. The Hall–Kier alpha value is -1.24. The Bertz CT molecular complexity index is 368. The van der Waals surface area contributed by atoms with Crippen LogP contribution in [0.1, 0.15) is 52.2 Å². The van der Waals surface area contributed by atoms with Crippen molar-refractivity contribution in [1.29, 1.82) is 0 Å². The third-order valence-electron chi connectivity index (χ3n) is 3.13. The van der Waals surface area contributed by atoms with E-state index in [2.05, 4.69) is 70.8 Å². The first-order chi connectivity index (χ1) is 7.84. The Morgan fingerprint density at radius 1 is 1.24 bits per heavy atom. The highest BCUT2D eigenvalue weighted by Gasteiger charge is 2.13. The Kier molecular flexibility index (Phi) is 4.39. The van der Waals surface area contributed by atoms with Crippen molar-refractivity contribution in [3.05, 3.63) is 42.0 Å². The first-order valence-electron chi connectivity index (χ1n) is 6.41. The van der Waals surface area contributed by atoms with Crippen LogP contribution in [0.3, 0.4) is 0 Å². The molecule has 0 aliphatic rings. The Morgan fingerprint density at radius 2 is 1.76 bits per heavy atom. The lowest BCUT2D eigenvalue weighted by molar-refractivity contribution is 0.590. The van der Waals surface area contributed by atoms with Crippen LogP contribution in [0.25, 0.3) is 5.70 Å². The molecule has 1 aromatic rings. The average Bonchev–Trinajstić information content (AvgIpc) is 2.27. The highest BCUT2D eigenvalue weighted by molar-refractivity contribution is 5.62. The predicted molar refractivity (Wildman–Crippen MR) is 77.1 cm³/mol. The van der Waals surface area contributed by atoms with Crippen LogP contribution in [0, 0.1) is 0 Å². The highest BCUT2D eigenvalue weighted by Crippen LogP contribution is 2.23. The van der Waals surface area contributed by atoms with Gasteiger partial charge in [-0.15, -0.1) is 0 Å². The summed E-state index contributed by atoms with van der Waals surface area (Å²) < 4.78 is 0. The van der Waals surface area contributed by atoms with E-state index >= 15 is 0 Å². The summed E-state index contributed by atoms with van der Waals surface area (Å²) in [6.07, 6.45) is 1.11. The topological polar surface area (TPSA) is 12.0 Å². The lowest BCUT2D eigenvalue weighted by Gasteiger charge is -2.20. The van der Waals surface area contributed by atoms with Crippen molar-refractivity contribution in [3.63, 3.8) is 0 Å². The van der Waals surface area contributed by atoms with E-state index in [0.29, 0.717) is 6.04 Å². The van der Waals surface area contributed by atoms with Crippen molar-refractivity contribution in [2.24, 2.45) is 0 Å². The Labute approximate surface area is 106 Å². The molecule has 1 N–H and O–H groups in total. The average molecular weight is 231 g/mol. The van der Waals surface area contributed by atoms with Crippen LogP contribution >= 0.6 is 0 Å². The van der Waals surface area contributed by atoms with Gasteiger partial charge in [0.15, 0.2) is 0 Å². The van der Waals surface area contributed by atoms with Crippen molar-refractivity contribution in [3.8, 4) is 0 Å². The molecule has 0 aliphatic carbocycles. The second kappa shape index (κ2) is 5.39. The van der Waals surface area contributed by atoms with Gasteiger partial charge >= 0.3 is 0 Å². The van der Waals surface area contributed by atoms with Gasteiger partial charge in [-0.1, -0.05) is 58.5 Å². The highest BCUT2D eigenvalue weighted by atomic mass is 14.9. The fourth-order valence-electron chi connectivity index (χ4n) is 1.65. The number of hydrogen-bond acceptors (Lipinski definition) is 1. The fourth-order valence-corrected chi connectivity index (χ4v) is 1.65. The zero-order valence-electron chi connectivity index (χ0n) is 11.8. The number of nitrogens with one attached hydrogen (secondary N) is 1. The van der Waals surface area contributed by atoms with Crippen LogP contribution in [-0.2, 0) is 5.41 Å². The molecule has 0 aromatic heterocycles. The molecule has 0 spiro atoms. The van der Waals surface area contributed by atoms with E-state index < -0.39 is 0 Å². The van der Waals surface area contributed by atoms with E-state index in [-0.39, 0.29) is 5.41 Å². The molecule has 0 saturated carbocycles. The molecule has 1 atom stereocenters. The minimum Gasteiger partial charge on any atom is -0.383 e. The van der Waals surface area contributed by atoms with E-state index in [4.69, 9.17) is 0 Å². The number of benzene rings is 1. The smallest absolute Gasteiger partial charge is 0.0342 e. The molecular weight excluding hydrogens is 206 g/mol. The van der Waals surface area contributed by atoms with Crippen LogP contribution in [0.4, 0.5) is 0 Å². The van der Waals surface area contributed by atoms with Gasteiger partial charge in [0.05, 0.1) is 0 Å². The summed E-state index contributed by atoms with van der Waals surface area (Å²) in [5.74, 6) is 0. The summed E-state index contributed by atoms with van der Waals surface area (Å²) in [4.78, 5) is 0. The van der Waals surface area contributed by atoms with Gasteiger partial charge in [0, 0.05) is 11.7 Å². The quantitative estimate of drug-likeness (QED) is 0.812. The van der Waals surface area contributed by atoms with Crippen LogP contribution in [0.5, 0.6) is 0 Å². The summed E-state index contributed by atoms with van der Waals surface area (Å²) in [5, 5.41) is 3.41. The fraction of sp³-hybridized carbons (Fsp3) is 0.500. The molecule has 1 aromatic carbocycles. The summed E-state index contributed by atoms with van der Waals surface area (Å²) in [6, 6.07) is 9.17. The SMILES string of the molecule is C=C(NC(C)CC)c1ccc(C(C)(C)C)cc1. The molecule has 1 nitrogen and oxygen atoms in total. The zero-order valence-corrected chi connectivity index (χ0v) is 11.8. The van der Waals surface area contributed by atoms with Crippen molar-refractivity contribution in [2.75, 3.05) is 0 Å². The van der Waals surface area contributed by atoms with Crippen molar-refractivity contribution in [2.45, 2.75) is 52.5 Å². The van der Waals surface area contributed by atoms with E-state index in [1.165, 1.54) is 11.1 Å². The summed E-state index contributed by atoms with van der Waals surface area (Å²) >= 11 is 0. The van der Waals surface area contributed by atoms with Gasteiger partial charge < -0.3 is 5.32 Å². The maximum atomic E-state index is 4.09. The Morgan fingerprint density at radius 3 is 2.18 bits per heavy atom. The van der Waals surface area contributed by atoms with Gasteiger partial charge in [0.2, 0.25) is 0 Å². The van der Waals surface area contributed by atoms with Gasteiger partial charge in [-0.2, -0.15) is 0 Å². The lowest BCUT2D eigenvalue weighted by atomic mass is 9.86. The Balaban J connectivity index is 2.78. The van der Waals surface area contributed by atoms with E-state index in [1.807, 2.05) is 0 Å². The summed E-state index contributed by atoms with van der Waals surface area (Å²) in [7, 11) is 0. The largest absolute Gasteiger partial charge is 0.383 e. The number of rotatable bonds is 4. The second-order valence-electron chi connectivity index (χ2n) is 5.76. The molecule has 1 heteroatoms. The molecule has 0 radical (unpaired) electrons. The predicted octanol–water partition coefficient (Wildman–Crippen LogP) is 4.34. The summed E-state index contributed by atoms with van der Waals surface area (Å²) in [6.45, 7) is 15.1. The van der Waals surface area contributed by atoms with E-state index in [0.717, 1.165) is 12.1 Å². The standard InChI is InChI=1S/C16H25N/c1-7-12(2)17-13(3)14-8-10-15(11-9-14)16(4,5)6/h8-12,17H,3,7H2,1-2,4-6H3. The third kappa shape index (κ3) is 3.92. The molecule has 0 aliphatic heterocycles. The monoisotopic (exact) mass is 231 g/mol. The normalized spacial score (nSPS) is 13.2. The first-order valence-corrected chi connectivity index (χ1v) is 6.41. The first kappa shape index (κ1) is 13.8. The van der Waals surface area contributed by atoms with Crippen molar-refractivity contribution in [1.82, 2.24) is 5.32 Å². The molecule has 0 saturated heterocycles. The van der Waals surface area contributed by atoms with Gasteiger partial charge in [-0.25, -0.2) is 0 Å². The molecule has 0 fully saturated rings. The van der Waals surface area contributed by atoms with Crippen LogP contribution in [0.15, 0.2) is 30.8 Å². The van der Waals surface area contributed by atoms with Gasteiger partial charge in [-0.3, -0.25) is 0 Å². The minimum absolute atomic E-state index is 0.212. The number of hydrogen-bond donors (Lipinski definition) is 1. The minimum atomic E-state index is 0.212. The molecule has 17 heavy (non-hydrogen) atoms. The van der Waals surface area contributed by atoms with Crippen molar-refractivity contribution >= 4 is 5.70 Å². The van der Waals surface area contributed by atoms with Crippen LogP contribution < -0.4 is 5.32 Å². The maximum absolute atomic E-state index is 4.09.